The number of aliphatic hydroxyl groups excluding tert-OH is 1. The summed E-state index contributed by atoms with van der Waals surface area (Å²) in [7, 11) is 1.41. The zero-order valence-corrected chi connectivity index (χ0v) is 12.5. The number of hydrogen-bond acceptors (Lipinski definition) is 3. The van der Waals surface area contributed by atoms with Crippen LogP contribution in [0.5, 0.6) is 11.5 Å². The Bertz CT molecular complexity index is 629. The minimum atomic E-state index is -0.728. The second kappa shape index (κ2) is 6.78. The minimum Gasteiger partial charge on any atom is -0.494 e. The van der Waals surface area contributed by atoms with Crippen LogP contribution in [-0.2, 0) is 6.61 Å². The molecular weight excluding hydrogens is 295 g/mol. The van der Waals surface area contributed by atoms with E-state index in [1.165, 1.54) is 7.11 Å². The first-order valence-corrected chi connectivity index (χ1v) is 6.82. The Morgan fingerprint density at radius 1 is 1.24 bits per heavy atom. The highest BCUT2D eigenvalue weighted by atomic mass is 35.5. The van der Waals surface area contributed by atoms with Crippen LogP contribution in [0, 0.1) is 5.82 Å². The molecule has 1 unspecified atom stereocenters. The summed E-state index contributed by atoms with van der Waals surface area (Å²) in [6, 6.07) is 9.80. The largest absolute Gasteiger partial charge is 0.494 e. The molecule has 0 aliphatic rings. The predicted molar refractivity (Wildman–Crippen MR) is 79.4 cm³/mol. The smallest absolute Gasteiger partial charge is 0.171 e. The highest BCUT2D eigenvalue weighted by Crippen LogP contribution is 2.29. The van der Waals surface area contributed by atoms with Gasteiger partial charge >= 0.3 is 0 Å². The number of halogens is 2. The second-order valence-electron chi connectivity index (χ2n) is 4.58. The number of hydrogen-bond donors (Lipinski definition) is 1. The molecule has 1 atom stereocenters. The van der Waals surface area contributed by atoms with Crippen molar-refractivity contribution in [1.82, 2.24) is 0 Å². The predicted octanol–water partition coefficient (Wildman–Crippen LogP) is 4.12. The molecule has 0 aliphatic carbocycles. The van der Waals surface area contributed by atoms with Gasteiger partial charge < -0.3 is 14.6 Å². The average Bonchev–Trinajstić information content (AvgIpc) is 2.47. The quantitative estimate of drug-likeness (QED) is 0.903. The van der Waals surface area contributed by atoms with Gasteiger partial charge in [-0.15, -0.1) is 0 Å². The van der Waals surface area contributed by atoms with Crippen LogP contribution in [0.15, 0.2) is 36.4 Å². The summed E-state index contributed by atoms with van der Waals surface area (Å²) in [6.07, 6.45) is -0.728. The van der Waals surface area contributed by atoms with E-state index >= 15 is 0 Å². The lowest BCUT2D eigenvalue weighted by molar-refractivity contribution is 0.189. The van der Waals surface area contributed by atoms with Gasteiger partial charge in [0.2, 0.25) is 0 Å². The van der Waals surface area contributed by atoms with Gasteiger partial charge in [-0.1, -0.05) is 23.7 Å². The molecule has 3 nitrogen and oxygen atoms in total. The van der Waals surface area contributed by atoms with E-state index in [4.69, 9.17) is 21.1 Å². The van der Waals surface area contributed by atoms with E-state index < -0.39 is 11.9 Å². The number of ether oxygens (including phenoxy) is 2. The van der Waals surface area contributed by atoms with Crippen molar-refractivity contribution >= 4 is 11.6 Å². The molecule has 21 heavy (non-hydrogen) atoms. The van der Waals surface area contributed by atoms with Gasteiger partial charge in [0, 0.05) is 16.1 Å². The lowest BCUT2D eigenvalue weighted by atomic mass is 10.1. The highest BCUT2D eigenvalue weighted by Gasteiger charge is 2.13. The summed E-state index contributed by atoms with van der Waals surface area (Å²) < 4.78 is 24.6. The molecule has 0 heterocycles. The van der Waals surface area contributed by atoms with Crippen molar-refractivity contribution in [3.63, 3.8) is 0 Å². The molecule has 0 aromatic heterocycles. The highest BCUT2D eigenvalue weighted by molar-refractivity contribution is 6.30. The van der Waals surface area contributed by atoms with E-state index in [1.54, 1.807) is 43.3 Å². The summed E-state index contributed by atoms with van der Waals surface area (Å²) in [5.41, 5.74) is 0.937. The van der Waals surface area contributed by atoms with Crippen LogP contribution < -0.4 is 9.47 Å². The van der Waals surface area contributed by atoms with Gasteiger partial charge in [-0.2, -0.15) is 0 Å². The van der Waals surface area contributed by atoms with Crippen molar-refractivity contribution in [2.24, 2.45) is 0 Å². The van der Waals surface area contributed by atoms with E-state index in [0.717, 1.165) is 0 Å². The van der Waals surface area contributed by atoms with E-state index in [-0.39, 0.29) is 12.4 Å². The molecule has 0 fully saturated rings. The zero-order valence-electron chi connectivity index (χ0n) is 11.8. The Balaban J connectivity index is 2.21. The Morgan fingerprint density at radius 3 is 2.67 bits per heavy atom. The first-order chi connectivity index (χ1) is 10.0. The van der Waals surface area contributed by atoms with Gasteiger partial charge in [-0.3, -0.25) is 0 Å². The Morgan fingerprint density at radius 2 is 2.00 bits per heavy atom. The third kappa shape index (κ3) is 3.65. The zero-order chi connectivity index (χ0) is 15.4. The van der Waals surface area contributed by atoms with Gasteiger partial charge in [0.1, 0.15) is 12.4 Å². The van der Waals surface area contributed by atoms with Crippen LogP contribution in [0.2, 0.25) is 5.02 Å². The second-order valence-corrected chi connectivity index (χ2v) is 5.02. The topological polar surface area (TPSA) is 38.7 Å². The fraction of sp³-hybridized carbons (Fsp3) is 0.250. The standard InChI is InChI=1S/C16H16ClFO3/c1-10(19)13-8-12(17)6-7-14(13)21-9-11-4-3-5-15(20-2)16(11)18/h3-8,10,19H,9H2,1-2H3. The molecule has 0 saturated carbocycles. The van der Waals surface area contributed by atoms with Crippen molar-refractivity contribution in [2.75, 3.05) is 7.11 Å². The molecule has 0 bridgehead atoms. The lowest BCUT2D eigenvalue weighted by Gasteiger charge is -2.14. The molecule has 2 rings (SSSR count). The van der Waals surface area contributed by atoms with Crippen LogP contribution in [0.25, 0.3) is 0 Å². The van der Waals surface area contributed by atoms with Crippen molar-refractivity contribution < 1.29 is 19.0 Å². The summed E-state index contributed by atoms with van der Waals surface area (Å²) in [4.78, 5) is 0. The molecule has 5 heteroatoms. The maximum Gasteiger partial charge on any atom is 0.171 e. The average molecular weight is 311 g/mol. The van der Waals surface area contributed by atoms with Crippen LogP contribution in [0.4, 0.5) is 4.39 Å². The molecule has 2 aromatic rings. The number of aliphatic hydroxyl groups is 1. The summed E-state index contributed by atoms with van der Waals surface area (Å²) in [5, 5.41) is 10.2. The van der Waals surface area contributed by atoms with Crippen LogP contribution in [-0.4, -0.2) is 12.2 Å². The van der Waals surface area contributed by atoms with Crippen molar-refractivity contribution in [3.05, 3.63) is 58.4 Å². The molecule has 1 N–H and O–H groups in total. The Kier molecular flexibility index (Phi) is 5.04. The Labute approximate surface area is 127 Å². The van der Waals surface area contributed by atoms with E-state index in [9.17, 15) is 9.50 Å². The van der Waals surface area contributed by atoms with E-state index in [2.05, 4.69) is 0 Å². The molecule has 0 spiro atoms. The normalized spacial score (nSPS) is 12.0. The molecule has 0 aliphatic heterocycles. The third-order valence-electron chi connectivity index (χ3n) is 3.07. The fourth-order valence-corrected chi connectivity index (χ4v) is 2.14. The third-order valence-corrected chi connectivity index (χ3v) is 3.30. The lowest BCUT2D eigenvalue weighted by Crippen LogP contribution is -2.03. The molecular formula is C16H16ClFO3. The molecule has 112 valence electrons. The Hall–Kier alpha value is -1.78. The first kappa shape index (κ1) is 15.6. The maximum atomic E-state index is 14.0. The maximum absolute atomic E-state index is 14.0. The summed E-state index contributed by atoms with van der Waals surface area (Å²) >= 11 is 5.90. The van der Waals surface area contributed by atoms with Crippen LogP contribution >= 0.6 is 11.6 Å². The van der Waals surface area contributed by atoms with Gasteiger partial charge in [0.25, 0.3) is 0 Å². The first-order valence-electron chi connectivity index (χ1n) is 6.44. The summed E-state index contributed by atoms with van der Waals surface area (Å²) in [5.74, 6) is 0.187. The number of methoxy groups -OCH3 is 1. The van der Waals surface area contributed by atoms with Gasteiger partial charge in [0.05, 0.1) is 13.2 Å². The molecule has 0 radical (unpaired) electrons. The number of rotatable bonds is 5. The van der Waals surface area contributed by atoms with Gasteiger partial charge in [-0.05, 0) is 31.2 Å². The molecule has 0 amide bonds. The van der Waals surface area contributed by atoms with Crippen LogP contribution in [0.1, 0.15) is 24.2 Å². The van der Waals surface area contributed by atoms with Crippen molar-refractivity contribution in [2.45, 2.75) is 19.6 Å². The van der Waals surface area contributed by atoms with E-state index in [1.807, 2.05) is 0 Å². The van der Waals surface area contributed by atoms with Crippen molar-refractivity contribution in [1.29, 1.82) is 0 Å². The summed E-state index contributed by atoms with van der Waals surface area (Å²) in [6.45, 7) is 1.65. The van der Waals surface area contributed by atoms with Gasteiger partial charge in [-0.25, -0.2) is 4.39 Å². The van der Waals surface area contributed by atoms with E-state index in [0.29, 0.717) is 21.9 Å². The SMILES string of the molecule is COc1cccc(COc2ccc(Cl)cc2C(C)O)c1F. The molecule has 2 aromatic carbocycles. The number of benzene rings is 2. The van der Waals surface area contributed by atoms with Gasteiger partial charge in [0.15, 0.2) is 11.6 Å². The molecule has 0 saturated heterocycles. The van der Waals surface area contributed by atoms with Crippen LogP contribution in [0.3, 0.4) is 0 Å². The fourth-order valence-electron chi connectivity index (χ4n) is 1.96. The monoisotopic (exact) mass is 310 g/mol. The minimum absolute atomic E-state index is 0.0321. The van der Waals surface area contributed by atoms with Crippen molar-refractivity contribution in [3.8, 4) is 11.5 Å².